The van der Waals surface area contributed by atoms with Crippen LogP contribution in [-0.2, 0) is 10.0 Å². The van der Waals surface area contributed by atoms with E-state index in [1.165, 1.54) is 11.3 Å². The minimum atomic E-state index is -3.37. The number of halogens is 1. The van der Waals surface area contributed by atoms with Gasteiger partial charge in [0.2, 0.25) is 0 Å². The molecular formula is C11H19BrN2O2S2. The molecule has 1 heterocycles. The lowest BCUT2D eigenvalue weighted by Gasteiger charge is -2.22. The van der Waals surface area contributed by atoms with E-state index < -0.39 is 10.0 Å². The molecule has 0 saturated carbocycles. The van der Waals surface area contributed by atoms with Gasteiger partial charge in [0.15, 0.2) is 0 Å². The lowest BCUT2D eigenvalue weighted by Crippen LogP contribution is -2.37. The topological polar surface area (TPSA) is 40.6 Å². The summed E-state index contributed by atoms with van der Waals surface area (Å²) in [5.74, 6) is 0. The summed E-state index contributed by atoms with van der Waals surface area (Å²) in [6.07, 6.45) is 0.815. The number of thiophene rings is 1. The summed E-state index contributed by atoms with van der Waals surface area (Å²) in [5, 5.41) is 1.78. The van der Waals surface area contributed by atoms with E-state index in [0.29, 0.717) is 21.8 Å². The van der Waals surface area contributed by atoms with Crippen molar-refractivity contribution in [3.05, 3.63) is 15.9 Å². The Bertz CT molecular complexity index is 471. The first-order valence-electron chi connectivity index (χ1n) is 5.77. The zero-order chi connectivity index (χ0) is 13.8. The fourth-order valence-corrected chi connectivity index (χ4v) is 5.47. The molecule has 0 amide bonds. The van der Waals surface area contributed by atoms with Crippen molar-refractivity contribution in [2.75, 3.05) is 33.7 Å². The fraction of sp³-hybridized carbons (Fsp3) is 0.636. The number of hydrogen-bond donors (Lipinski definition) is 0. The molecule has 18 heavy (non-hydrogen) atoms. The highest BCUT2D eigenvalue weighted by Gasteiger charge is 2.26. The summed E-state index contributed by atoms with van der Waals surface area (Å²) >= 11 is 4.55. The highest BCUT2D eigenvalue weighted by Crippen LogP contribution is 2.30. The molecule has 0 aliphatic carbocycles. The van der Waals surface area contributed by atoms with E-state index in [2.05, 4.69) is 15.9 Å². The fourth-order valence-electron chi connectivity index (χ4n) is 1.49. The lowest BCUT2D eigenvalue weighted by molar-refractivity contribution is 0.333. The molecule has 1 aromatic rings. The van der Waals surface area contributed by atoms with Gasteiger partial charge in [-0.05, 0) is 47.9 Å². The molecule has 0 unspecified atom stereocenters. The van der Waals surface area contributed by atoms with Gasteiger partial charge in [-0.15, -0.1) is 11.3 Å². The maximum Gasteiger partial charge on any atom is 0.253 e. The molecule has 7 heteroatoms. The van der Waals surface area contributed by atoms with Gasteiger partial charge >= 0.3 is 0 Å². The van der Waals surface area contributed by atoms with Crippen LogP contribution in [0.1, 0.15) is 13.3 Å². The molecule has 0 aliphatic rings. The van der Waals surface area contributed by atoms with Crippen molar-refractivity contribution in [2.24, 2.45) is 0 Å². The van der Waals surface area contributed by atoms with Gasteiger partial charge < -0.3 is 4.90 Å². The second-order valence-electron chi connectivity index (χ2n) is 4.26. The average molecular weight is 355 g/mol. The van der Waals surface area contributed by atoms with Crippen LogP contribution in [0.2, 0.25) is 0 Å². The smallest absolute Gasteiger partial charge is 0.253 e. The molecule has 1 aromatic heterocycles. The Morgan fingerprint density at radius 3 is 2.39 bits per heavy atom. The summed E-state index contributed by atoms with van der Waals surface area (Å²) < 4.78 is 27.6. The van der Waals surface area contributed by atoms with Gasteiger partial charge in [-0.3, -0.25) is 0 Å². The van der Waals surface area contributed by atoms with Crippen molar-refractivity contribution < 1.29 is 8.42 Å². The van der Waals surface area contributed by atoms with Crippen LogP contribution < -0.4 is 0 Å². The number of hydrogen-bond acceptors (Lipinski definition) is 4. The Labute approximate surface area is 122 Å². The van der Waals surface area contributed by atoms with E-state index in [4.69, 9.17) is 0 Å². The van der Waals surface area contributed by atoms with Gasteiger partial charge in [0.1, 0.15) is 4.21 Å². The van der Waals surface area contributed by atoms with E-state index in [1.54, 1.807) is 15.8 Å². The van der Waals surface area contributed by atoms with E-state index in [9.17, 15) is 8.42 Å². The predicted octanol–water partition coefficient (Wildman–Crippen LogP) is 2.47. The van der Waals surface area contributed by atoms with E-state index >= 15 is 0 Å². The van der Waals surface area contributed by atoms with E-state index in [-0.39, 0.29) is 0 Å². The first kappa shape index (κ1) is 16.1. The Morgan fingerprint density at radius 1 is 1.28 bits per heavy atom. The molecule has 0 bridgehead atoms. The van der Waals surface area contributed by atoms with Crippen LogP contribution in [0.4, 0.5) is 0 Å². The van der Waals surface area contributed by atoms with Crippen molar-refractivity contribution in [2.45, 2.75) is 17.6 Å². The minimum Gasteiger partial charge on any atom is -0.308 e. The molecule has 0 aromatic carbocycles. The summed E-state index contributed by atoms with van der Waals surface area (Å²) in [5.41, 5.74) is 0. The molecule has 0 atom stereocenters. The van der Waals surface area contributed by atoms with Crippen LogP contribution in [0.25, 0.3) is 0 Å². The van der Waals surface area contributed by atoms with Gasteiger partial charge in [-0.25, -0.2) is 8.42 Å². The van der Waals surface area contributed by atoms with Crippen molar-refractivity contribution in [1.82, 2.24) is 9.21 Å². The maximum absolute atomic E-state index is 12.5. The van der Waals surface area contributed by atoms with E-state index in [1.807, 2.05) is 25.9 Å². The molecule has 1 rings (SSSR count). The number of sulfonamides is 1. The molecule has 4 nitrogen and oxygen atoms in total. The molecule has 0 saturated heterocycles. The minimum absolute atomic E-state index is 0.398. The Hall–Kier alpha value is 0.0500. The van der Waals surface area contributed by atoms with Crippen LogP contribution in [0.3, 0.4) is 0 Å². The van der Waals surface area contributed by atoms with Crippen LogP contribution in [0.5, 0.6) is 0 Å². The standard InChI is InChI=1S/C11H19BrN2O2S2/c1-4-6-14(8-7-13(2)3)18(15,16)11-10(12)5-9-17-11/h5,9H,4,6-8H2,1-3H3. The largest absolute Gasteiger partial charge is 0.308 e. The molecule has 0 spiro atoms. The molecule has 104 valence electrons. The second-order valence-corrected chi connectivity index (χ2v) is 8.17. The quantitative estimate of drug-likeness (QED) is 0.755. The highest BCUT2D eigenvalue weighted by atomic mass is 79.9. The van der Waals surface area contributed by atoms with Gasteiger partial charge in [0, 0.05) is 24.1 Å². The molecule has 0 aliphatic heterocycles. The van der Waals surface area contributed by atoms with Crippen molar-refractivity contribution >= 4 is 37.3 Å². The molecular weight excluding hydrogens is 336 g/mol. The average Bonchev–Trinajstić information content (AvgIpc) is 2.70. The third-order valence-electron chi connectivity index (χ3n) is 2.43. The van der Waals surface area contributed by atoms with Gasteiger partial charge in [0.05, 0.1) is 0 Å². The van der Waals surface area contributed by atoms with Crippen LogP contribution >= 0.6 is 27.3 Å². The monoisotopic (exact) mass is 354 g/mol. The Morgan fingerprint density at radius 2 is 1.94 bits per heavy atom. The van der Waals surface area contributed by atoms with Crippen molar-refractivity contribution in [3.63, 3.8) is 0 Å². The van der Waals surface area contributed by atoms with E-state index in [0.717, 1.165) is 13.0 Å². The summed E-state index contributed by atoms with van der Waals surface area (Å²) in [7, 11) is 0.517. The van der Waals surface area contributed by atoms with Gasteiger partial charge in [-0.2, -0.15) is 4.31 Å². The predicted molar refractivity (Wildman–Crippen MR) is 79.6 cm³/mol. The normalized spacial score (nSPS) is 12.6. The SMILES string of the molecule is CCCN(CCN(C)C)S(=O)(=O)c1sccc1Br. The highest BCUT2D eigenvalue weighted by molar-refractivity contribution is 9.10. The van der Waals surface area contributed by atoms with Crippen LogP contribution in [0.15, 0.2) is 20.1 Å². The van der Waals surface area contributed by atoms with Gasteiger partial charge in [-0.1, -0.05) is 6.92 Å². The number of likely N-dealkylation sites (N-methyl/N-ethyl adjacent to an activating group) is 1. The first-order chi connectivity index (χ1) is 8.39. The zero-order valence-corrected chi connectivity index (χ0v) is 14.1. The number of nitrogens with zero attached hydrogens (tertiary/aromatic N) is 2. The van der Waals surface area contributed by atoms with Crippen LogP contribution in [0, 0.1) is 0 Å². The second kappa shape index (κ2) is 7.00. The van der Waals surface area contributed by atoms with Gasteiger partial charge in [0.25, 0.3) is 10.0 Å². The number of rotatable bonds is 7. The third-order valence-corrected chi connectivity index (χ3v) is 6.97. The molecule has 0 radical (unpaired) electrons. The van der Waals surface area contributed by atoms with Crippen LogP contribution in [-0.4, -0.2) is 51.4 Å². The molecule has 0 N–H and O–H groups in total. The lowest BCUT2D eigenvalue weighted by atomic mass is 10.4. The maximum atomic E-state index is 12.5. The Balaban J connectivity index is 2.94. The summed E-state index contributed by atoms with van der Waals surface area (Å²) in [4.78, 5) is 1.99. The van der Waals surface area contributed by atoms with Crippen molar-refractivity contribution in [1.29, 1.82) is 0 Å². The first-order valence-corrected chi connectivity index (χ1v) is 8.88. The third kappa shape index (κ3) is 4.03. The zero-order valence-electron chi connectivity index (χ0n) is 10.9. The van der Waals surface area contributed by atoms with Crippen molar-refractivity contribution in [3.8, 4) is 0 Å². The summed E-state index contributed by atoms with van der Waals surface area (Å²) in [6.45, 7) is 3.79. The summed E-state index contributed by atoms with van der Waals surface area (Å²) in [6, 6.07) is 1.77. The Kier molecular flexibility index (Phi) is 6.26. The molecule has 0 fully saturated rings.